The maximum atomic E-state index is 12.7. The highest BCUT2D eigenvalue weighted by atomic mass is 35.5. The topological polar surface area (TPSA) is 98.1 Å². The first-order chi connectivity index (χ1) is 11.7. The third kappa shape index (κ3) is 4.02. The van der Waals surface area contributed by atoms with E-state index in [4.69, 9.17) is 10.3 Å². The number of aromatic nitrogens is 3. The smallest absolute Gasteiger partial charge is 0.273 e. The van der Waals surface area contributed by atoms with Crippen LogP contribution in [0.15, 0.2) is 9.90 Å². The first-order valence-corrected chi connectivity index (χ1v) is 9.40. The predicted molar refractivity (Wildman–Crippen MR) is 96.3 cm³/mol. The summed E-state index contributed by atoms with van der Waals surface area (Å²) < 4.78 is 5.37. The number of carbonyl (C=O) groups excluding carboxylic acids is 1. The van der Waals surface area contributed by atoms with Crippen LogP contribution in [0, 0.1) is 0 Å². The quantitative estimate of drug-likeness (QED) is 0.850. The van der Waals surface area contributed by atoms with Crippen LogP contribution in [0.4, 0.5) is 0 Å². The second kappa shape index (κ2) is 7.80. The van der Waals surface area contributed by atoms with Crippen molar-refractivity contribution in [2.45, 2.75) is 43.9 Å². The van der Waals surface area contributed by atoms with Gasteiger partial charge in [0.05, 0.1) is 5.01 Å². The van der Waals surface area contributed by atoms with Crippen LogP contribution in [0.3, 0.4) is 0 Å². The van der Waals surface area contributed by atoms with Crippen LogP contribution < -0.4 is 5.73 Å². The van der Waals surface area contributed by atoms with Gasteiger partial charge in [0.15, 0.2) is 5.82 Å². The van der Waals surface area contributed by atoms with Crippen LogP contribution >= 0.6 is 23.7 Å². The molecule has 2 aromatic heterocycles. The van der Waals surface area contributed by atoms with E-state index in [0.29, 0.717) is 31.1 Å². The number of carbonyl (C=O) groups is 1. The van der Waals surface area contributed by atoms with Crippen molar-refractivity contribution in [1.82, 2.24) is 20.0 Å². The predicted octanol–water partition coefficient (Wildman–Crippen LogP) is 2.35. The molecule has 1 atom stereocenters. The van der Waals surface area contributed by atoms with Gasteiger partial charge in [-0.15, -0.1) is 23.7 Å². The molecule has 7 nitrogen and oxygen atoms in total. The Balaban J connectivity index is 0.00000182. The maximum Gasteiger partial charge on any atom is 0.273 e. The van der Waals surface area contributed by atoms with Crippen LogP contribution in [0.2, 0.25) is 0 Å². The second-order valence-corrected chi connectivity index (χ2v) is 7.46. The molecule has 2 aromatic rings. The number of nitrogens with two attached hydrogens (primary N) is 1. The van der Waals surface area contributed by atoms with Gasteiger partial charge >= 0.3 is 0 Å². The van der Waals surface area contributed by atoms with E-state index in [9.17, 15) is 4.79 Å². The summed E-state index contributed by atoms with van der Waals surface area (Å²) in [4.78, 5) is 23.5. The highest BCUT2D eigenvalue weighted by Crippen LogP contribution is 2.39. The lowest BCUT2D eigenvalue weighted by Gasteiger charge is -2.30. The normalized spacial score (nSPS) is 20.4. The molecule has 136 valence electrons. The number of thiazole rings is 1. The van der Waals surface area contributed by atoms with E-state index in [1.165, 1.54) is 11.3 Å². The lowest BCUT2D eigenvalue weighted by Crippen LogP contribution is -2.39. The van der Waals surface area contributed by atoms with Gasteiger partial charge in [0.2, 0.25) is 5.89 Å². The summed E-state index contributed by atoms with van der Waals surface area (Å²) in [5.41, 5.74) is 6.07. The van der Waals surface area contributed by atoms with Crippen LogP contribution in [0.1, 0.15) is 64.7 Å². The average molecular weight is 384 g/mol. The van der Waals surface area contributed by atoms with Gasteiger partial charge in [-0.05, 0) is 32.2 Å². The molecule has 2 aliphatic rings. The number of nitrogens with zero attached hydrogens (tertiary/aromatic N) is 4. The monoisotopic (exact) mass is 383 g/mol. The number of hydrogen-bond donors (Lipinski definition) is 1. The van der Waals surface area contributed by atoms with E-state index in [-0.39, 0.29) is 24.2 Å². The summed E-state index contributed by atoms with van der Waals surface area (Å²) in [6.07, 6.45) is 4.94. The minimum Gasteiger partial charge on any atom is -0.339 e. The van der Waals surface area contributed by atoms with Gasteiger partial charge in [0.1, 0.15) is 5.69 Å². The standard InChI is InChI=1S/C16H21N5O2S.ClH/c17-6-5-13-18-12(9-24-13)16(22)21-7-1-2-11(8-21)14-19-15(23-20-14)10-3-4-10;/h9-11H,1-8,17H2;1H. The van der Waals surface area contributed by atoms with Crippen molar-refractivity contribution in [3.8, 4) is 0 Å². The molecule has 1 saturated carbocycles. The number of piperidine rings is 1. The van der Waals surface area contributed by atoms with E-state index < -0.39 is 0 Å². The molecule has 2 N–H and O–H groups in total. The fraction of sp³-hybridized carbons (Fsp3) is 0.625. The Morgan fingerprint density at radius 2 is 2.16 bits per heavy atom. The van der Waals surface area contributed by atoms with E-state index in [0.717, 1.165) is 49.0 Å². The number of hydrogen-bond acceptors (Lipinski definition) is 7. The van der Waals surface area contributed by atoms with E-state index >= 15 is 0 Å². The molecule has 2 fully saturated rings. The van der Waals surface area contributed by atoms with Gasteiger partial charge in [0.25, 0.3) is 5.91 Å². The molecule has 1 saturated heterocycles. The molecule has 9 heteroatoms. The molecule has 25 heavy (non-hydrogen) atoms. The highest BCUT2D eigenvalue weighted by Gasteiger charge is 2.33. The molecule has 0 spiro atoms. The molecule has 0 bridgehead atoms. The van der Waals surface area contributed by atoms with Gasteiger partial charge in [-0.25, -0.2) is 4.98 Å². The van der Waals surface area contributed by atoms with Crippen LogP contribution in [0.25, 0.3) is 0 Å². The fourth-order valence-electron chi connectivity index (χ4n) is 3.09. The Kier molecular flexibility index (Phi) is 5.71. The van der Waals surface area contributed by atoms with Gasteiger partial charge < -0.3 is 15.2 Å². The number of likely N-dealkylation sites (tertiary alicyclic amines) is 1. The Bertz CT molecular complexity index is 730. The fourth-order valence-corrected chi connectivity index (χ4v) is 3.88. The zero-order valence-corrected chi connectivity index (χ0v) is 15.5. The Labute approximate surface area is 156 Å². The minimum absolute atomic E-state index is 0. The number of halogens is 1. The molecular formula is C16H22ClN5O2S. The third-order valence-electron chi connectivity index (χ3n) is 4.59. The van der Waals surface area contributed by atoms with E-state index in [2.05, 4.69) is 15.1 Å². The SMILES string of the molecule is Cl.NCCc1nc(C(=O)N2CCCC(c3noc(C4CC4)n3)C2)cs1. The van der Waals surface area contributed by atoms with Gasteiger partial charge in [0, 0.05) is 36.7 Å². The number of amides is 1. The largest absolute Gasteiger partial charge is 0.339 e. The lowest BCUT2D eigenvalue weighted by atomic mass is 9.97. The minimum atomic E-state index is -0.00914. The summed E-state index contributed by atoms with van der Waals surface area (Å²) in [6, 6.07) is 0. The first-order valence-electron chi connectivity index (χ1n) is 8.52. The zero-order valence-electron chi connectivity index (χ0n) is 13.9. The van der Waals surface area contributed by atoms with E-state index in [1.54, 1.807) is 0 Å². The van der Waals surface area contributed by atoms with Crippen LogP contribution in [0.5, 0.6) is 0 Å². The molecule has 1 aliphatic carbocycles. The molecule has 0 aromatic carbocycles. The van der Waals surface area contributed by atoms with Crippen molar-refractivity contribution in [3.63, 3.8) is 0 Å². The molecule has 1 aliphatic heterocycles. The van der Waals surface area contributed by atoms with Crippen LogP contribution in [-0.4, -0.2) is 45.6 Å². The molecule has 4 rings (SSSR count). The van der Waals surface area contributed by atoms with Crippen molar-refractivity contribution >= 4 is 29.7 Å². The second-order valence-electron chi connectivity index (χ2n) is 6.52. The molecule has 1 amide bonds. The molecule has 0 radical (unpaired) electrons. The molecule has 3 heterocycles. The van der Waals surface area contributed by atoms with Crippen LogP contribution in [-0.2, 0) is 6.42 Å². The van der Waals surface area contributed by atoms with Gasteiger partial charge in [-0.3, -0.25) is 4.79 Å². The van der Waals surface area contributed by atoms with Crippen molar-refractivity contribution in [3.05, 3.63) is 27.8 Å². The summed E-state index contributed by atoms with van der Waals surface area (Å²) in [5, 5.41) is 6.89. The zero-order chi connectivity index (χ0) is 16.5. The Morgan fingerprint density at radius 3 is 2.92 bits per heavy atom. The first kappa shape index (κ1) is 18.3. The summed E-state index contributed by atoms with van der Waals surface area (Å²) in [7, 11) is 0. The van der Waals surface area contributed by atoms with Crippen molar-refractivity contribution in [1.29, 1.82) is 0 Å². The summed E-state index contributed by atoms with van der Waals surface area (Å²) in [6.45, 7) is 1.94. The molecular weight excluding hydrogens is 362 g/mol. The maximum absolute atomic E-state index is 12.7. The highest BCUT2D eigenvalue weighted by molar-refractivity contribution is 7.09. The van der Waals surface area contributed by atoms with Gasteiger partial charge in [-0.2, -0.15) is 4.98 Å². The van der Waals surface area contributed by atoms with Gasteiger partial charge in [-0.1, -0.05) is 5.16 Å². The van der Waals surface area contributed by atoms with Crippen molar-refractivity contribution in [2.75, 3.05) is 19.6 Å². The number of rotatable bonds is 5. The average Bonchev–Trinajstić information content (AvgIpc) is 3.15. The third-order valence-corrected chi connectivity index (χ3v) is 5.50. The summed E-state index contributed by atoms with van der Waals surface area (Å²) >= 11 is 1.50. The Hall–Kier alpha value is -1.51. The van der Waals surface area contributed by atoms with Crippen molar-refractivity contribution in [2.24, 2.45) is 5.73 Å². The van der Waals surface area contributed by atoms with E-state index in [1.807, 2.05) is 10.3 Å². The Morgan fingerprint density at radius 1 is 1.32 bits per heavy atom. The molecule has 1 unspecified atom stereocenters. The summed E-state index contributed by atoms with van der Waals surface area (Å²) in [5.74, 6) is 2.12. The van der Waals surface area contributed by atoms with Crippen molar-refractivity contribution < 1.29 is 9.32 Å². The lowest BCUT2D eigenvalue weighted by molar-refractivity contribution is 0.0698.